The van der Waals surface area contributed by atoms with Crippen LogP contribution in [0.2, 0.25) is 0 Å². The summed E-state index contributed by atoms with van der Waals surface area (Å²) in [4.78, 5) is 75.2. The molecule has 4 unspecified atom stereocenters. The molecule has 4 atom stereocenters. The van der Waals surface area contributed by atoms with E-state index in [1.54, 1.807) is 0 Å². The molecule has 0 aromatic rings. The SMILES string of the molecule is O=CC1C2C(=O)N(CBr)C(=O)C2C(C=O)C2C(=O)N(CBr)C(=O)C12. The molecule has 2 saturated heterocycles. The number of halogens is 2. The summed E-state index contributed by atoms with van der Waals surface area (Å²) in [5, 5.41) is 0. The molecule has 2 aliphatic heterocycles. The maximum Gasteiger partial charge on any atom is 0.234 e. The van der Waals surface area contributed by atoms with Gasteiger partial charge in [0.05, 0.1) is 34.6 Å². The first-order valence-corrected chi connectivity index (χ1v) is 9.41. The highest BCUT2D eigenvalue weighted by molar-refractivity contribution is 9.09. The maximum atomic E-state index is 12.5. The number of aldehydes is 2. The monoisotopic (exact) mass is 462 g/mol. The van der Waals surface area contributed by atoms with Gasteiger partial charge in [-0.25, -0.2) is 0 Å². The Morgan fingerprint density at radius 3 is 1.08 bits per heavy atom. The van der Waals surface area contributed by atoms with Crippen LogP contribution in [0.25, 0.3) is 0 Å². The van der Waals surface area contributed by atoms with Gasteiger partial charge < -0.3 is 9.59 Å². The zero-order valence-corrected chi connectivity index (χ0v) is 15.3. The fraction of sp³-hybridized carbons (Fsp3) is 0.571. The quantitative estimate of drug-likeness (QED) is 0.241. The average Bonchev–Trinajstić information content (AvgIpc) is 2.97. The molecule has 1 aliphatic carbocycles. The van der Waals surface area contributed by atoms with Crippen molar-refractivity contribution in [3.63, 3.8) is 0 Å². The molecule has 128 valence electrons. The highest BCUT2D eigenvalue weighted by Gasteiger charge is 2.67. The van der Waals surface area contributed by atoms with Crippen molar-refractivity contribution in [2.24, 2.45) is 35.5 Å². The lowest BCUT2D eigenvalue weighted by atomic mass is 9.59. The minimum absolute atomic E-state index is 0.0699. The number of carbonyl (C=O) groups excluding carboxylic acids is 6. The number of nitrogens with zero attached hydrogens (tertiary/aromatic N) is 2. The number of fused-ring (bicyclic) bond motifs is 2. The van der Waals surface area contributed by atoms with Crippen molar-refractivity contribution in [2.45, 2.75) is 0 Å². The lowest BCUT2D eigenvalue weighted by Crippen LogP contribution is -2.50. The minimum Gasteiger partial charge on any atom is -0.303 e. The number of amides is 4. The average molecular weight is 464 g/mol. The highest BCUT2D eigenvalue weighted by Crippen LogP contribution is 2.52. The molecule has 3 fully saturated rings. The van der Waals surface area contributed by atoms with Crippen LogP contribution >= 0.6 is 31.9 Å². The third-order valence-corrected chi connectivity index (χ3v) is 6.19. The highest BCUT2D eigenvalue weighted by atomic mass is 79.9. The Morgan fingerprint density at radius 2 is 0.917 bits per heavy atom. The number of hydrogen-bond donors (Lipinski definition) is 0. The van der Waals surface area contributed by atoms with Crippen molar-refractivity contribution in [2.75, 3.05) is 10.9 Å². The fourth-order valence-corrected chi connectivity index (χ4v) is 5.18. The molecule has 1 saturated carbocycles. The zero-order valence-electron chi connectivity index (χ0n) is 12.1. The molecule has 0 aromatic heterocycles. The van der Waals surface area contributed by atoms with Gasteiger partial charge in [-0.2, -0.15) is 0 Å². The van der Waals surface area contributed by atoms with Crippen LogP contribution in [0.4, 0.5) is 0 Å². The van der Waals surface area contributed by atoms with Crippen LogP contribution in [0, 0.1) is 35.5 Å². The molecule has 0 spiro atoms. The van der Waals surface area contributed by atoms with Gasteiger partial charge in [-0.3, -0.25) is 29.0 Å². The lowest BCUT2D eigenvalue weighted by molar-refractivity contribution is -0.146. The van der Waals surface area contributed by atoms with Gasteiger partial charge in [0.25, 0.3) is 0 Å². The Balaban J connectivity index is 2.15. The maximum absolute atomic E-state index is 12.5. The number of rotatable bonds is 4. The summed E-state index contributed by atoms with van der Waals surface area (Å²) in [6.07, 6.45) is 0.921. The van der Waals surface area contributed by atoms with E-state index < -0.39 is 59.1 Å². The van der Waals surface area contributed by atoms with Gasteiger partial charge in [-0.15, -0.1) is 0 Å². The molecule has 2 heterocycles. The van der Waals surface area contributed by atoms with Crippen molar-refractivity contribution in [3.05, 3.63) is 0 Å². The summed E-state index contributed by atoms with van der Waals surface area (Å²) in [6.45, 7) is 0. The molecule has 10 heteroatoms. The van der Waals surface area contributed by atoms with Crippen LogP contribution in [0.3, 0.4) is 0 Å². The third-order valence-electron chi connectivity index (χ3n) is 5.19. The molecule has 3 aliphatic rings. The van der Waals surface area contributed by atoms with E-state index in [1.165, 1.54) is 0 Å². The van der Waals surface area contributed by atoms with Crippen molar-refractivity contribution in [1.29, 1.82) is 0 Å². The summed E-state index contributed by atoms with van der Waals surface area (Å²) in [5.41, 5.74) is -0.140. The smallest absolute Gasteiger partial charge is 0.234 e. The number of alkyl halides is 2. The van der Waals surface area contributed by atoms with Crippen LogP contribution in [-0.2, 0) is 28.8 Å². The van der Waals surface area contributed by atoms with Crippen LogP contribution in [0.5, 0.6) is 0 Å². The third kappa shape index (κ3) is 2.01. The predicted octanol–water partition coefficient (Wildman–Crippen LogP) is -0.463. The van der Waals surface area contributed by atoms with Crippen LogP contribution in [0.1, 0.15) is 0 Å². The van der Waals surface area contributed by atoms with Crippen molar-refractivity contribution in [3.8, 4) is 0 Å². The van der Waals surface area contributed by atoms with E-state index >= 15 is 0 Å². The Labute approximate surface area is 153 Å². The molecule has 0 bridgehead atoms. The largest absolute Gasteiger partial charge is 0.303 e. The summed E-state index contributed by atoms with van der Waals surface area (Å²) in [5.74, 6) is -8.93. The first-order chi connectivity index (χ1) is 11.4. The van der Waals surface area contributed by atoms with Gasteiger partial charge >= 0.3 is 0 Å². The van der Waals surface area contributed by atoms with Crippen LogP contribution < -0.4 is 0 Å². The summed E-state index contributed by atoms with van der Waals surface area (Å²) < 4.78 is 0. The minimum atomic E-state index is -1.10. The lowest BCUT2D eigenvalue weighted by Gasteiger charge is -2.37. The Kier molecular flexibility index (Phi) is 4.45. The first kappa shape index (κ1) is 17.4. The predicted molar refractivity (Wildman–Crippen MR) is 84.4 cm³/mol. The van der Waals surface area contributed by atoms with Crippen LogP contribution in [-0.4, -0.2) is 56.9 Å². The Bertz CT molecular complexity index is 568. The van der Waals surface area contributed by atoms with Gasteiger partial charge in [-0.1, -0.05) is 31.9 Å². The molecular formula is C14H12Br2N2O6. The number of likely N-dealkylation sites (tertiary alicyclic amines) is 2. The van der Waals surface area contributed by atoms with Gasteiger partial charge in [0.15, 0.2) is 0 Å². The van der Waals surface area contributed by atoms with Crippen LogP contribution in [0.15, 0.2) is 0 Å². The second-order valence-corrected chi connectivity index (χ2v) is 6.98. The normalized spacial score (nSPS) is 38.4. The summed E-state index contributed by atoms with van der Waals surface area (Å²) in [7, 11) is 0. The second-order valence-electron chi connectivity index (χ2n) is 5.98. The fourth-order valence-electron chi connectivity index (χ4n) is 4.19. The molecular weight excluding hydrogens is 452 g/mol. The van der Waals surface area contributed by atoms with Gasteiger partial charge in [0.1, 0.15) is 12.6 Å². The number of hydrogen-bond acceptors (Lipinski definition) is 6. The van der Waals surface area contributed by atoms with E-state index in [2.05, 4.69) is 31.9 Å². The molecule has 0 aromatic carbocycles. The van der Waals surface area contributed by atoms with E-state index in [0.717, 1.165) is 9.80 Å². The van der Waals surface area contributed by atoms with E-state index in [4.69, 9.17) is 0 Å². The standard InChI is InChI=1S/C14H12Br2N2O6/c15-3-17-11(21)7-5(1-19)8-10(6(2-20)9(7)13(17)23)14(24)18(4-16)12(8)22/h1-2,5-10H,3-4H2. The van der Waals surface area contributed by atoms with Crippen molar-refractivity contribution < 1.29 is 28.8 Å². The molecule has 8 nitrogen and oxygen atoms in total. The molecule has 3 rings (SSSR count). The van der Waals surface area contributed by atoms with Gasteiger partial charge in [-0.05, 0) is 0 Å². The van der Waals surface area contributed by atoms with E-state index in [-0.39, 0.29) is 10.9 Å². The van der Waals surface area contributed by atoms with Crippen molar-refractivity contribution in [1.82, 2.24) is 9.80 Å². The summed E-state index contributed by atoms with van der Waals surface area (Å²) in [6, 6.07) is 0. The topological polar surface area (TPSA) is 109 Å². The first-order valence-electron chi connectivity index (χ1n) is 7.17. The Hall–Kier alpha value is -1.42. The molecule has 24 heavy (non-hydrogen) atoms. The summed E-state index contributed by atoms with van der Waals surface area (Å²) >= 11 is 6.08. The molecule has 0 N–H and O–H groups in total. The number of imide groups is 2. The van der Waals surface area contributed by atoms with Gasteiger partial charge in [0, 0.05) is 11.8 Å². The number of carbonyl (C=O) groups is 6. The second kappa shape index (κ2) is 6.14. The zero-order chi connectivity index (χ0) is 17.8. The van der Waals surface area contributed by atoms with Crippen molar-refractivity contribution >= 4 is 68.1 Å². The Morgan fingerprint density at radius 1 is 0.667 bits per heavy atom. The van der Waals surface area contributed by atoms with Gasteiger partial charge in [0.2, 0.25) is 23.6 Å². The molecule has 0 radical (unpaired) electrons. The molecule has 4 amide bonds. The van der Waals surface area contributed by atoms with E-state index in [9.17, 15) is 28.8 Å². The van der Waals surface area contributed by atoms with E-state index in [0.29, 0.717) is 12.6 Å². The van der Waals surface area contributed by atoms with E-state index in [1.807, 2.05) is 0 Å².